The van der Waals surface area contributed by atoms with E-state index >= 15 is 0 Å². The highest BCUT2D eigenvalue weighted by atomic mass is 32.2. The van der Waals surface area contributed by atoms with E-state index in [-0.39, 0.29) is 11.2 Å². The van der Waals surface area contributed by atoms with Crippen LogP contribution >= 0.6 is 11.8 Å². The third kappa shape index (κ3) is 3.36. The average Bonchev–Trinajstić information content (AvgIpc) is 3.39. The van der Waals surface area contributed by atoms with Crippen LogP contribution in [0.2, 0.25) is 0 Å². The third-order valence-electron chi connectivity index (χ3n) is 4.79. The Labute approximate surface area is 147 Å². The second-order valence-corrected chi connectivity index (χ2v) is 7.72. The number of benzene rings is 1. The van der Waals surface area contributed by atoms with Gasteiger partial charge in [0.15, 0.2) is 5.16 Å². The number of amides is 1. The van der Waals surface area contributed by atoms with E-state index in [1.807, 2.05) is 35.5 Å². The van der Waals surface area contributed by atoms with Crippen molar-refractivity contribution in [2.45, 2.75) is 48.6 Å². The van der Waals surface area contributed by atoms with Gasteiger partial charge >= 0.3 is 0 Å². The van der Waals surface area contributed by atoms with Crippen LogP contribution in [-0.2, 0) is 4.79 Å². The van der Waals surface area contributed by atoms with Crippen LogP contribution in [0.5, 0.6) is 0 Å². The number of imidazole rings is 1. The van der Waals surface area contributed by atoms with E-state index in [9.17, 15) is 4.79 Å². The molecule has 1 saturated heterocycles. The maximum absolute atomic E-state index is 13.2. The molecule has 1 aromatic carbocycles. The molecule has 4 nitrogen and oxygen atoms in total. The van der Waals surface area contributed by atoms with Crippen molar-refractivity contribution in [1.29, 1.82) is 0 Å². The molecule has 1 saturated carbocycles. The van der Waals surface area contributed by atoms with Gasteiger partial charge in [-0.05, 0) is 37.7 Å². The van der Waals surface area contributed by atoms with Gasteiger partial charge in [0, 0.05) is 31.5 Å². The van der Waals surface area contributed by atoms with E-state index in [0.29, 0.717) is 6.04 Å². The van der Waals surface area contributed by atoms with Crippen molar-refractivity contribution in [3.63, 3.8) is 0 Å². The highest BCUT2D eigenvalue weighted by Gasteiger charge is 2.31. The summed E-state index contributed by atoms with van der Waals surface area (Å²) in [6.07, 6.45) is 9.82. The summed E-state index contributed by atoms with van der Waals surface area (Å²) in [4.78, 5) is 19.8. The maximum atomic E-state index is 13.2. The van der Waals surface area contributed by atoms with Crippen LogP contribution < -0.4 is 0 Å². The number of thioether (sulfide) groups is 1. The van der Waals surface area contributed by atoms with Crippen molar-refractivity contribution in [2.75, 3.05) is 13.1 Å². The Morgan fingerprint density at radius 2 is 1.88 bits per heavy atom. The van der Waals surface area contributed by atoms with Crippen LogP contribution in [0.25, 0.3) is 0 Å². The third-order valence-corrected chi connectivity index (χ3v) is 6.03. The number of carbonyl (C=O) groups excluding carboxylic acids is 1. The Bertz CT molecular complexity index is 690. The van der Waals surface area contributed by atoms with Crippen LogP contribution in [-0.4, -0.2) is 33.4 Å². The molecule has 2 heterocycles. The van der Waals surface area contributed by atoms with Gasteiger partial charge in [0.2, 0.25) is 5.91 Å². The van der Waals surface area contributed by atoms with Crippen molar-refractivity contribution in [3.05, 3.63) is 48.3 Å². The molecule has 2 fully saturated rings. The molecule has 2 aliphatic rings. The molecule has 5 heteroatoms. The molecule has 0 spiro atoms. The van der Waals surface area contributed by atoms with Crippen LogP contribution in [0.3, 0.4) is 0 Å². The van der Waals surface area contributed by atoms with Gasteiger partial charge in [-0.15, -0.1) is 0 Å². The zero-order valence-corrected chi connectivity index (χ0v) is 14.6. The minimum Gasteiger partial charge on any atom is -0.341 e. The number of hydrogen-bond donors (Lipinski definition) is 0. The highest BCUT2D eigenvalue weighted by molar-refractivity contribution is 8.00. The number of hydrogen-bond acceptors (Lipinski definition) is 3. The van der Waals surface area contributed by atoms with Crippen LogP contribution in [0.1, 0.15) is 49.0 Å². The van der Waals surface area contributed by atoms with E-state index in [2.05, 4.69) is 21.7 Å². The van der Waals surface area contributed by atoms with Crippen LogP contribution in [0.15, 0.2) is 47.9 Å². The molecule has 1 aliphatic carbocycles. The number of aromatic nitrogens is 2. The van der Waals surface area contributed by atoms with Crippen molar-refractivity contribution < 1.29 is 4.79 Å². The summed E-state index contributed by atoms with van der Waals surface area (Å²) in [5.74, 6) is 0.233. The zero-order chi connectivity index (χ0) is 16.4. The van der Waals surface area contributed by atoms with Gasteiger partial charge in [0.1, 0.15) is 5.25 Å². The Morgan fingerprint density at radius 3 is 2.58 bits per heavy atom. The lowest BCUT2D eigenvalue weighted by Crippen LogP contribution is -2.38. The van der Waals surface area contributed by atoms with Crippen molar-refractivity contribution in [2.24, 2.45) is 0 Å². The fraction of sp³-hybridized carbons (Fsp3) is 0.474. The molecule has 0 unspecified atom stereocenters. The molecule has 126 valence electrons. The van der Waals surface area contributed by atoms with Gasteiger partial charge in [-0.1, -0.05) is 42.1 Å². The minimum atomic E-state index is -0.204. The number of piperidine rings is 1. The summed E-state index contributed by atoms with van der Waals surface area (Å²) in [6, 6.07) is 10.7. The fourth-order valence-corrected chi connectivity index (χ4v) is 4.50. The SMILES string of the molecule is O=C([C@@H](Sc1nccn1C1CC1)c1ccccc1)N1CCCCC1. The van der Waals surface area contributed by atoms with Gasteiger partial charge in [-0.3, -0.25) is 4.79 Å². The fourth-order valence-electron chi connectivity index (χ4n) is 3.30. The molecular formula is C19H23N3OS. The first-order valence-electron chi connectivity index (χ1n) is 8.86. The monoisotopic (exact) mass is 341 g/mol. The molecule has 1 aliphatic heterocycles. The van der Waals surface area contributed by atoms with Gasteiger partial charge in [0.05, 0.1) is 0 Å². The minimum absolute atomic E-state index is 0.204. The van der Waals surface area contributed by atoms with Crippen molar-refractivity contribution >= 4 is 17.7 Å². The number of nitrogens with zero attached hydrogens (tertiary/aromatic N) is 3. The first-order chi connectivity index (χ1) is 11.8. The van der Waals surface area contributed by atoms with Gasteiger partial charge in [-0.2, -0.15) is 0 Å². The molecule has 2 aromatic rings. The smallest absolute Gasteiger partial charge is 0.240 e. The molecule has 4 rings (SSSR count). The van der Waals surface area contributed by atoms with E-state index < -0.39 is 0 Å². The van der Waals surface area contributed by atoms with E-state index in [0.717, 1.165) is 36.7 Å². The predicted molar refractivity (Wildman–Crippen MR) is 96.0 cm³/mol. The number of likely N-dealkylation sites (tertiary alicyclic amines) is 1. The lowest BCUT2D eigenvalue weighted by molar-refractivity contribution is -0.131. The standard InChI is InChI=1S/C19H23N3OS/c23-18(21-12-5-2-6-13-21)17(15-7-3-1-4-8-15)24-19-20-11-14-22(19)16-9-10-16/h1,3-4,7-8,11,14,16-17H,2,5-6,9-10,12-13H2/t17-/m0/s1. The lowest BCUT2D eigenvalue weighted by Gasteiger charge is -2.30. The second kappa shape index (κ2) is 7.01. The van der Waals surface area contributed by atoms with Crippen LogP contribution in [0.4, 0.5) is 0 Å². The van der Waals surface area contributed by atoms with Crippen LogP contribution in [0, 0.1) is 0 Å². The number of carbonyl (C=O) groups is 1. The Morgan fingerprint density at radius 1 is 1.12 bits per heavy atom. The second-order valence-electron chi connectivity index (χ2n) is 6.64. The lowest BCUT2D eigenvalue weighted by atomic mass is 10.1. The predicted octanol–water partition coefficient (Wildman–Crippen LogP) is 4.06. The van der Waals surface area contributed by atoms with Crippen molar-refractivity contribution in [1.82, 2.24) is 14.5 Å². The maximum Gasteiger partial charge on any atom is 0.240 e. The normalized spacial score (nSPS) is 19.2. The summed E-state index contributed by atoms with van der Waals surface area (Å²) in [7, 11) is 0. The highest BCUT2D eigenvalue weighted by Crippen LogP contribution is 2.42. The first-order valence-corrected chi connectivity index (χ1v) is 9.74. The summed E-state index contributed by atoms with van der Waals surface area (Å²) in [5, 5.41) is 0.765. The van der Waals surface area contributed by atoms with Crippen molar-refractivity contribution in [3.8, 4) is 0 Å². The molecule has 1 aromatic heterocycles. The molecular weight excluding hydrogens is 318 g/mol. The average molecular weight is 341 g/mol. The molecule has 0 radical (unpaired) electrons. The van der Waals surface area contributed by atoms with E-state index in [1.54, 1.807) is 11.8 Å². The summed E-state index contributed by atoms with van der Waals surface area (Å²) in [6.45, 7) is 1.78. The van der Waals surface area contributed by atoms with Gasteiger partial charge in [0.25, 0.3) is 0 Å². The summed E-state index contributed by atoms with van der Waals surface area (Å²) < 4.78 is 2.24. The molecule has 1 atom stereocenters. The largest absolute Gasteiger partial charge is 0.341 e. The first kappa shape index (κ1) is 15.8. The van der Waals surface area contributed by atoms with E-state index in [1.165, 1.54) is 19.3 Å². The Balaban J connectivity index is 1.60. The number of rotatable bonds is 5. The quantitative estimate of drug-likeness (QED) is 0.770. The zero-order valence-electron chi connectivity index (χ0n) is 13.8. The molecule has 0 bridgehead atoms. The topological polar surface area (TPSA) is 38.1 Å². The van der Waals surface area contributed by atoms with Gasteiger partial charge in [-0.25, -0.2) is 4.98 Å². The molecule has 24 heavy (non-hydrogen) atoms. The summed E-state index contributed by atoms with van der Waals surface area (Å²) in [5.41, 5.74) is 1.07. The van der Waals surface area contributed by atoms with E-state index in [4.69, 9.17) is 0 Å². The molecule has 1 amide bonds. The Kier molecular flexibility index (Phi) is 4.60. The summed E-state index contributed by atoms with van der Waals surface area (Å²) >= 11 is 1.61. The van der Waals surface area contributed by atoms with Gasteiger partial charge < -0.3 is 9.47 Å². The molecule has 0 N–H and O–H groups in total. The Hall–Kier alpha value is -1.75.